The number of carbonyl (C=O) groups excluding carboxylic acids is 1. The topological polar surface area (TPSA) is 59.6 Å². The van der Waals surface area contributed by atoms with E-state index in [9.17, 15) is 18.0 Å². The van der Waals surface area contributed by atoms with Crippen LogP contribution in [-0.4, -0.2) is 38.4 Å². The SMILES string of the molecule is COc1cc(CNC2CCCNC2=O)ccc1OCC(F)(F)F. The number of hydrogen-bond acceptors (Lipinski definition) is 4. The van der Waals surface area contributed by atoms with Crippen LogP contribution in [-0.2, 0) is 11.3 Å². The van der Waals surface area contributed by atoms with Gasteiger partial charge in [0.15, 0.2) is 18.1 Å². The van der Waals surface area contributed by atoms with Crippen LogP contribution in [0.25, 0.3) is 0 Å². The first-order valence-corrected chi connectivity index (χ1v) is 7.26. The summed E-state index contributed by atoms with van der Waals surface area (Å²) in [7, 11) is 1.36. The maximum atomic E-state index is 12.2. The van der Waals surface area contributed by atoms with Gasteiger partial charge in [0.05, 0.1) is 13.2 Å². The molecule has 1 aromatic carbocycles. The molecule has 5 nitrogen and oxygen atoms in total. The summed E-state index contributed by atoms with van der Waals surface area (Å²) < 4.78 is 46.4. The van der Waals surface area contributed by atoms with Crippen LogP contribution in [0.15, 0.2) is 18.2 Å². The molecule has 1 amide bonds. The Kier molecular flexibility index (Phi) is 5.70. The summed E-state index contributed by atoms with van der Waals surface area (Å²) >= 11 is 0. The van der Waals surface area contributed by atoms with E-state index in [2.05, 4.69) is 10.6 Å². The Morgan fingerprint density at radius 2 is 2.13 bits per heavy atom. The van der Waals surface area contributed by atoms with Crippen molar-refractivity contribution < 1.29 is 27.4 Å². The van der Waals surface area contributed by atoms with Crippen molar-refractivity contribution in [2.24, 2.45) is 0 Å². The van der Waals surface area contributed by atoms with Crippen LogP contribution in [0.1, 0.15) is 18.4 Å². The summed E-state index contributed by atoms with van der Waals surface area (Å²) in [5.41, 5.74) is 0.791. The van der Waals surface area contributed by atoms with Crippen molar-refractivity contribution in [2.75, 3.05) is 20.3 Å². The zero-order chi connectivity index (χ0) is 16.9. The van der Waals surface area contributed by atoms with Crippen LogP contribution in [0, 0.1) is 0 Å². The van der Waals surface area contributed by atoms with E-state index in [1.165, 1.54) is 13.2 Å². The summed E-state index contributed by atoms with van der Waals surface area (Å²) in [6.45, 7) is -0.271. The Balaban J connectivity index is 1.96. The van der Waals surface area contributed by atoms with Crippen molar-refractivity contribution in [3.8, 4) is 11.5 Å². The maximum Gasteiger partial charge on any atom is 0.422 e. The molecule has 0 bridgehead atoms. The molecule has 128 valence electrons. The predicted molar refractivity (Wildman–Crippen MR) is 77.4 cm³/mol. The number of methoxy groups -OCH3 is 1. The van der Waals surface area contributed by atoms with Gasteiger partial charge in [0.2, 0.25) is 5.91 Å². The smallest absolute Gasteiger partial charge is 0.422 e. The molecule has 1 unspecified atom stereocenters. The number of ether oxygens (including phenoxy) is 2. The lowest BCUT2D eigenvalue weighted by atomic mass is 10.1. The van der Waals surface area contributed by atoms with Crippen molar-refractivity contribution in [3.63, 3.8) is 0 Å². The highest BCUT2D eigenvalue weighted by Crippen LogP contribution is 2.29. The van der Waals surface area contributed by atoms with E-state index in [1.54, 1.807) is 12.1 Å². The maximum absolute atomic E-state index is 12.2. The quantitative estimate of drug-likeness (QED) is 0.837. The Morgan fingerprint density at radius 1 is 1.35 bits per heavy atom. The van der Waals surface area contributed by atoms with Gasteiger partial charge in [-0.1, -0.05) is 6.07 Å². The van der Waals surface area contributed by atoms with E-state index < -0.39 is 12.8 Å². The number of rotatable bonds is 6. The standard InChI is InChI=1S/C15H19F3N2O3/c1-22-13-7-10(4-5-12(13)23-9-15(16,17)18)8-20-11-3-2-6-19-14(11)21/h4-5,7,11,20H,2-3,6,8-9H2,1H3,(H,19,21). The van der Waals surface area contributed by atoms with Crippen molar-refractivity contribution >= 4 is 5.91 Å². The fourth-order valence-electron chi connectivity index (χ4n) is 2.31. The second-order valence-electron chi connectivity index (χ2n) is 5.26. The third-order valence-corrected chi connectivity index (χ3v) is 3.46. The molecule has 1 aliphatic rings. The zero-order valence-corrected chi connectivity index (χ0v) is 12.7. The first-order chi connectivity index (χ1) is 10.9. The molecule has 0 saturated carbocycles. The highest BCUT2D eigenvalue weighted by molar-refractivity contribution is 5.82. The number of piperidine rings is 1. The third kappa shape index (κ3) is 5.31. The minimum Gasteiger partial charge on any atom is -0.493 e. The van der Waals surface area contributed by atoms with E-state index >= 15 is 0 Å². The summed E-state index contributed by atoms with van der Waals surface area (Å²) in [6.07, 6.45) is -2.73. The average molecular weight is 332 g/mol. The number of amides is 1. The molecule has 1 aliphatic heterocycles. The summed E-state index contributed by atoms with van der Waals surface area (Å²) in [5.74, 6) is 0.221. The van der Waals surface area contributed by atoms with Crippen LogP contribution >= 0.6 is 0 Å². The van der Waals surface area contributed by atoms with Crippen LogP contribution in [0.3, 0.4) is 0 Å². The first kappa shape index (κ1) is 17.4. The van der Waals surface area contributed by atoms with Gasteiger partial charge < -0.3 is 20.1 Å². The van der Waals surface area contributed by atoms with Gasteiger partial charge in [-0.3, -0.25) is 4.79 Å². The van der Waals surface area contributed by atoms with Gasteiger partial charge in [-0.25, -0.2) is 0 Å². The van der Waals surface area contributed by atoms with E-state index in [0.29, 0.717) is 13.1 Å². The predicted octanol–water partition coefficient (Wildman–Crippen LogP) is 2.00. The number of hydrogen-bond donors (Lipinski definition) is 2. The van der Waals surface area contributed by atoms with Gasteiger partial charge in [-0.15, -0.1) is 0 Å². The van der Waals surface area contributed by atoms with Gasteiger partial charge in [-0.05, 0) is 30.5 Å². The van der Waals surface area contributed by atoms with Gasteiger partial charge >= 0.3 is 6.18 Å². The molecule has 1 aromatic rings. The van der Waals surface area contributed by atoms with Crippen molar-refractivity contribution in [1.82, 2.24) is 10.6 Å². The normalized spacial score (nSPS) is 18.4. The Morgan fingerprint density at radius 3 is 2.78 bits per heavy atom. The monoisotopic (exact) mass is 332 g/mol. The lowest BCUT2D eigenvalue weighted by Gasteiger charge is -2.23. The summed E-state index contributed by atoms with van der Waals surface area (Å²) in [6, 6.07) is 4.42. The van der Waals surface area contributed by atoms with Crippen LogP contribution in [0.4, 0.5) is 13.2 Å². The number of carbonyl (C=O) groups is 1. The molecule has 0 aromatic heterocycles. The molecule has 1 fully saturated rings. The van der Waals surface area contributed by atoms with E-state index in [0.717, 1.165) is 18.4 Å². The molecule has 1 saturated heterocycles. The second kappa shape index (κ2) is 7.54. The molecular formula is C15H19F3N2O3. The van der Waals surface area contributed by atoms with Crippen LogP contribution in [0.2, 0.25) is 0 Å². The lowest BCUT2D eigenvalue weighted by Crippen LogP contribution is -2.47. The summed E-state index contributed by atoms with van der Waals surface area (Å²) in [5, 5.41) is 5.90. The molecular weight excluding hydrogens is 313 g/mol. The van der Waals surface area contributed by atoms with Crippen molar-refractivity contribution in [3.05, 3.63) is 23.8 Å². The highest BCUT2D eigenvalue weighted by atomic mass is 19.4. The molecule has 0 radical (unpaired) electrons. The van der Waals surface area contributed by atoms with Crippen molar-refractivity contribution in [1.29, 1.82) is 0 Å². The Hall–Kier alpha value is -1.96. The van der Waals surface area contributed by atoms with Gasteiger partial charge in [0, 0.05) is 13.1 Å². The zero-order valence-electron chi connectivity index (χ0n) is 12.7. The molecule has 1 atom stereocenters. The average Bonchev–Trinajstić information content (AvgIpc) is 2.51. The number of benzene rings is 1. The minimum atomic E-state index is -4.40. The van der Waals surface area contributed by atoms with Crippen LogP contribution in [0.5, 0.6) is 11.5 Å². The van der Waals surface area contributed by atoms with Gasteiger partial charge in [0.25, 0.3) is 0 Å². The van der Waals surface area contributed by atoms with Gasteiger partial charge in [-0.2, -0.15) is 13.2 Å². The Bertz CT molecular complexity index is 549. The second-order valence-corrected chi connectivity index (χ2v) is 5.26. The van der Waals surface area contributed by atoms with E-state index in [4.69, 9.17) is 9.47 Å². The highest BCUT2D eigenvalue weighted by Gasteiger charge is 2.29. The molecule has 0 aliphatic carbocycles. The molecule has 8 heteroatoms. The molecule has 2 rings (SSSR count). The minimum absolute atomic E-state index is 0.0315. The largest absolute Gasteiger partial charge is 0.493 e. The molecule has 23 heavy (non-hydrogen) atoms. The molecule has 2 N–H and O–H groups in total. The number of halogens is 3. The number of nitrogens with one attached hydrogen (secondary N) is 2. The van der Waals surface area contributed by atoms with Crippen molar-refractivity contribution in [2.45, 2.75) is 31.6 Å². The molecule has 0 spiro atoms. The molecule has 1 heterocycles. The Labute approximate surface area is 132 Å². The van der Waals surface area contributed by atoms with Gasteiger partial charge in [0.1, 0.15) is 0 Å². The fourth-order valence-corrected chi connectivity index (χ4v) is 2.31. The third-order valence-electron chi connectivity index (χ3n) is 3.46. The van der Waals surface area contributed by atoms with Crippen LogP contribution < -0.4 is 20.1 Å². The first-order valence-electron chi connectivity index (χ1n) is 7.26. The summed E-state index contributed by atoms with van der Waals surface area (Å²) in [4.78, 5) is 11.6. The number of alkyl halides is 3. The fraction of sp³-hybridized carbons (Fsp3) is 0.533. The van der Waals surface area contributed by atoms with E-state index in [1.807, 2.05) is 0 Å². The van der Waals surface area contributed by atoms with E-state index in [-0.39, 0.29) is 23.4 Å². The lowest BCUT2D eigenvalue weighted by molar-refractivity contribution is -0.153.